The highest BCUT2D eigenvalue weighted by Gasteiger charge is 2.17. The van der Waals surface area contributed by atoms with E-state index in [0.717, 1.165) is 12.1 Å². The molecule has 0 aromatic carbocycles. The molecule has 0 bridgehead atoms. The Morgan fingerprint density at radius 3 is 2.73 bits per heavy atom. The summed E-state index contributed by atoms with van der Waals surface area (Å²) in [5.74, 6) is 0. The Morgan fingerprint density at radius 1 is 1.53 bits per heavy atom. The second kappa shape index (κ2) is 5.82. The van der Waals surface area contributed by atoms with Gasteiger partial charge in [0.15, 0.2) is 0 Å². The van der Waals surface area contributed by atoms with Gasteiger partial charge in [-0.3, -0.25) is 4.68 Å². The van der Waals surface area contributed by atoms with Crippen molar-refractivity contribution >= 4 is 0 Å². The molecule has 0 saturated heterocycles. The zero-order chi connectivity index (χ0) is 11.3. The minimum atomic E-state index is -0.00773. The number of hydrogen-bond acceptors (Lipinski definition) is 4. The Labute approximate surface area is 90.6 Å². The van der Waals surface area contributed by atoms with Crippen LogP contribution in [0, 0.1) is 0 Å². The van der Waals surface area contributed by atoms with Crippen LogP contribution in [0.2, 0.25) is 0 Å². The predicted octanol–water partition coefficient (Wildman–Crippen LogP) is 0.500. The molecule has 1 rings (SSSR count). The smallest absolute Gasteiger partial charge is 0.0843 e. The lowest BCUT2D eigenvalue weighted by atomic mass is 10.0. The lowest BCUT2D eigenvalue weighted by molar-refractivity contribution is 0.0415. The maximum Gasteiger partial charge on any atom is 0.0843 e. The molecule has 0 spiro atoms. The number of aryl methyl sites for hydroxylation is 1. The third kappa shape index (κ3) is 3.60. The second-order valence-electron chi connectivity index (χ2n) is 3.65. The third-order valence-corrected chi connectivity index (χ3v) is 2.36. The van der Waals surface area contributed by atoms with E-state index in [9.17, 15) is 0 Å². The lowest BCUT2D eigenvalue weighted by Crippen LogP contribution is -2.38. The molecule has 1 heterocycles. The summed E-state index contributed by atoms with van der Waals surface area (Å²) in [5, 5.41) is 7.88. The van der Waals surface area contributed by atoms with Crippen LogP contribution >= 0.6 is 0 Å². The first kappa shape index (κ1) is 12.1. The van der Waals surface area contributed by atoms with E-state index in [-0.39, 0.29) is 12.1 Å². The van der Waals surface area contributed by atoms with Crippen LogP contribution in [-0.4, -0.2) is 33.7 Å². The van der Waals surface area contributed by atoms with Crippen LogP contribution in [0.1, 0.15) is 26.0 Å². The Balaban J connectivity index is 2.49. The van der Waals surface area contributed by atoms with Crippen LogP contribution in [0.4, 0.5) is 0 Å². The number of nitrogens with two attached hydrogens (primary N) is 1. The van der Waals surface area contributed by atoms with E-state index < -0.39 is 0 Å². The van der Waals surface area contributed by atoms with E-state index in [1.807, 2.05) is 20.2 Å². The molecule has 86 valence electrons. The molecule has 1 aromatic heterocycles. The van der Waals surface area contributed by atoms with Gasteiger partial charge >= 0.3 is 0 Å². The molecule has 5 nitrogen and oxygen atoms in total. The molecule has 2 unspecified atom stereocenters. The summed E-state index contributed by atoms with van der Waals surface area (Å²) in [6.07, 6.45) is 3.64. The highest BCUT2D eigenvalue weighted by atomic mass is 16.5. The molecule has 2 atom stereocenters. The van der Waals surface area contributed by atoms with Gasteiger partial charge in [0.2, 0.25) is 0 Å². The Morgan fingerprint density at radius 2 is 2.27 bits per heavy atom. The molecule has 0 fully saturated rings. The largest absolute Gasteiger partial charge is 0.377 e. The van der Waals surface area contributed by atoms with Gasteiger partial charge < -0.3 is 10.5 Å². The molecule has 0 aliphatic rings. The van der Waals surface area contributed by atoms with Gasteiger partial charge in [-0.25, -0.2) is 0 Å². The van der Waals surface area contributed by atoms with E-state index in [0.29, 0.717) is 13.0 Å². The van der Waals surface area contributed by atoms with Crippen molar-refractivity contribution in [1.29, 1.82) is 0 Å². The minimum absolute atomic E-state index is 0.00773. The first-order valence-electron chi connectivity index (χ1n) is 5.39. The summed E-state index contributed by atoms with van der Waals surface area (Å²) in [6, 6.07) is -0.00773. The van der Waals surface area contributed by atoms with Crippen molar-refractivity contribution in [3.05, 3.63) is 11.9 Å². The normalized spacial score (nSPS) is 15.2. The summed E-state index contributed by atoms with van der Waals surface area (Å²) in [7, 11) is 1.85. The van der Waals surface area contributed by atoms with Gasteiger partial charge in [-0.1, -0.05) is 12.1 Å². The van der Waals surface area contributed by atoms with Crippen molar-refractivity contribution in [3.8, 4) is 0 Å². The average molecular weight is 212 g/mol. The van der Waals surface area contributed by atoms with E-state index in [1.54, 1.807) is 4.68 Å². The molecule has 0 aliphatic carbocycles. The quantitative estimate of drug-likeness (QED) is 0.745. The van der Waals surface area contributed by atoms with Crippen molar-refractivity contribution < 1.29 is 4.74 Å². The molecule has 0 radical (unpaired) electrons. The van der Waals surface area contributed by atoms with Crippen LogP contribution in [0.15, 0.2) is 6.20 Å². The average Bonchev–Trinajstić information content (AvgIpc) is 2.60. The molecule has 2 N–H and O–H groups in total. The predicted molar refractivity (Wildman–Crippen MR) is 58.4 cm³/mol. The number of aromatic nitrogens is 3. The van der Waals surface area contributed by atoms with Gasteiger partial charge in [-0.05, 0) is 13.3 Å². The maximum absolute atomic E-state index is 6.05. The van der Waals surface area contributed by atoms with Gasteiger partial charge in [0.1, 0.15) is 0 Å². The van der Waals surface area contributed by atoms with Gasteiger partial charge in [0, 0.05) is 32.3 Å². The Hall–Kier alpha value is -0.940. The number of nitrogens with zero attached hydrogens (tertiary/aromatic N) is 3. The monoisotopic (exact) mass is 212 g/mol. The zero-order valence-electron chi connectivity index (χ0n) is 9.68. The van der Waals surface area contributed by atoms with Gasteiger partial charge in [0.25, 0.3) is 0 Å². The van der Waals surface area contributed by atoms with E-state index in [1.165, 1.54) is 0 Å². The first-order valence-corrected chi connectivity index (χ1v) is 5.39. The van der Waals surface area contributed by atoms with Crippen molar-refractivity contribution in [1.82, 2.24) is 15.0 Å². The molecule has 5 heteroatoms. The molecule has 15 heavy (non-hydrogen) atoms. The Bertz CT molecular complexity index is 287. The SMILES string of the molecule is CCOC(CC)C(N)Cc1cn(C)nn1. The minimum Gasteiger partial charge on any atom is -0.377 e. The van der Waals surface area contributed by atoms with E-state index in [2.05, 4.69) is 17.2 Å². The summed E-state index contributed by atoms with van der Waals surface area (Å²) in [5.41, 5.74) is 6.97. The lowest BCUT2D eigenvalue weighted by Gasteiger charge is -2.21. The Kier molecular flexibility index (Phi) is 4.71. The van der Waals surface area contributed by atoms with E-state index >= 15 is 0 Å². The maximum atomic E-state index is 6.05. The highest BCUT2D eigenvalue weighted by molar-refractivity contribution is 4.96. The molecule has 0 saturated carbocycles. The molecular formula is C10H20N4O. The van der Waals surface area contributed by atoms with Crippen molar-refractivity contribution in [2.75, 3.05) is 6.61 Å². The highest BCUT2D eigenvalue weighted by Crippen LogP contribution is 2.07. The first-order chi connectivity index (χ1) is 7.17. The van der Waals surface area contributed by atoms with Crippen LogP contribution in [-0.2, 0) is 18.2 Å². The molecular weight excluding hydrogens is 192 g/mol. The zero-order valence-corrected chi connectivity index (χ0v) is 9.68. The van der Waals surface area contributed by atoms with E-state index in [4.69, 9.17) is 10.5 Å². The fourth-order valence-corrected chi connectivity index (χ4v) is 1.62. The van der Waals surface area contributed by atoms with Crippen molar-refractivity contribution in [2.24, 2.45) is 12.8 Å². The molecule has 1 aromatic rings. The fraction of sp³-hybridized carbons (Fsp3) is 0.800. The van der Waals surface area contributed by atoms with Crippen LogP contribution in [0.25, 0.3) is 0 Å². The van der Waals surface area contributed by atoms with Crippen LogP contribution in [0.3, 0.4) is 0 Å². The summed E-state index contributed by atoms with van der Waals surface area (Å²) < 4.78 is 7.24. The topological polar surface area (TPSA) is 66.0 Å². The van der Waals surface area contributed by atoms with Crippen LogP contribution < -0.4 is 5.73 Å². The summed E-state index contributed by atoms with van der Waals surface area (Å²) >= 11 is 0. The summed E-state index contributed by atoms with van der Waals surface area (Å²) in [4.78, 5) is 0. The number of hydrogen-bond donors (Lipinski definition) is 1. The molecule has 0 amide bonds. The van der Waals surface area contributed by atoms with Gasteiger partial charge in [-0.2, -0.15) is 0 Å². The van der Waals surface area contributed by atoms with Gasteiger partial charge in [-0.15, -0.1) is 5.10 Å². The summed E-state index contributed by atoms with van der Waals surface area (Å²) in [6.45, 7) is 4.77. The van der Waals surface area contributed by atoms with Crippen molar-refractivity contribution in [2.45, 2.75) is 38.8 Å². The van der Waals surface area contributed by atoms with Crippen molar-refractivity contribution in [3.63, 3.8) is 0 Å². The second-order valence-corrected chi connectivity index (χ2v) is 3.65. The number of ether oxygens (including phenoxy) is 1. The molecule has 0 aliphatic heterocycles. The number of rotatable bonds is 6. The standard InChI is InChI=1S/C10H20N4O/c1-4-10(15-5-2)9(11)6-8-7-14(3)13-12-8/h7,9-10H,4-6,11H2,1-3H3. The third-order valence-electron chi connectivity index (χ3n) is 2.36. The fourth-order valence-electron chi connectivity index (χ4n) is 1.62. The van der Waals surface area contributed by atoms with Gasteiger partial charge in [0.05, 0.1) is 11.8 Å². The van der Waals surface area contributed by atoms with Crippen LogP contribution in [0.5, 0.6) is 0 Å².